The first-order valence-corrected chi connectivity index (χ1v) is 8.12. The summed E-state index contributed by atoms with van der Waals surface area (Å²) < 4.78 is 15.5. The molecule has 2 aromatic heterocycles. The summed E-state index contributed by atoms with van der Waals surface area (Å²) in [6, 6.07) is 0. The van der Waals surface area contributed by atoms with Crippen molar-refractivity contribution in [1.82, 2.24) is 9.97 Å². The molecule has 0 atom stereocenters. The molecule has 0 aliphatic heterocycles. The zero-order chi connectivity index (χ0) is 17.5. The minimum Gasteiger partial charge on any atom is -0.461 e. The van der Waals surface area contributed by atoms with E-state index in [1.807, 2.05) is 0 Å². The van der Waals surface area contributed by atoms with Crippen molar-refractivity contribution in [1.29, 1.82) is 0 Å². The number of nitrogens with zero attached hydrogens (tertiary/aromatic N) is 1. The Morgan fingerprint density at radius 2 is 1.88 bits per heavy atom. The van der Waals surface area contributed by atoms with E-state index in [9.17, 15) is 9.59 Å². The van der Waals surface area contributed by atoms with Gasteiger partial charge in [-0.05, 0) is 32.3 Å². The Balaban J connectivity index is 2.45. The van der Waals surface area contributed by atoms with E-state index in [1.165, 1.54) is 6.39 Å². The zero-order valence-corrected chi connectivity index (χ0v) is 14.2. The Bertz CT molecular complexity index is 702. The highest BCUT2D eigenvalue weighted by Crippen LogP contribution is 2.31. The molecule has 7 nitrogen and oxygen atoms in total. The van der Waals surface area contributed by atoms with Crippen LogP contribution >= 0.6 is 0 Å². The number of carbonyl (C=O) groups is 2. The number of oxazole rings is 1. The standard InChI is InChI=1S/C17H22N2O5/c1-4-7-8-11-12(9-18-13(11)16(20)22-5-2)15-14(19-10-24-15)17(21)23-6-3/h9-10,18H,4-8H2,1-3H3. The molecule has 0 unspecified atom stereocenters. The third kappa shape index (κ3) is 3.67. The highest BCUT2D eigenvalue weighted by molar-refractivity contribution is 5.96. The van der Waals surface area contributed by atoms with Gasteiger partial charge in [-0.1, -0.05) is 13.3 Å². The molecule has 24 heavy (non-hydrogen) atoms. The van der Waals surface area contributed by atoms with E-state index in [-0.39, 0.29) is 18.9 Å². The van der Waals surface area contributed by atoms with Crippen molar-refractivity contribution in [2.75, 3.05) is 13.2 Å². The predicted molar refractivity (Wildman–Crippen MR) is 86.8 cm³/mol. The van der Waals surface area contributed by atoms with Gasteiger partial charge in [0.25, 0.3) is 0 Å². The number of aromatic nitrogens is 2. The van der Waals surface area contributed by atoms with Gasteiger partial charge in [0.05, 0.1) is 13.2 Å². The molecule has 2 rings (SSSR count). The second-order valence-corrected chi connectivity index (χ2v) is 5.13. The first kappa shape index (κ1) is 17.8. The largest absolute Gasteiger partial charge is 0.461 e. The number of ether oxygens (including phenoxy) is 2. The Labute approximate surface area is 140 Å². The molecule has 2 heterocycles. The van der Waals surface area contributed by atoms with Crippen molar-refractivity contribution in [2.24, 2.45) is 0 Å². The smallest absolute Gasteiger partial charge is 0.360 e. The van der Waals surface area contributed by atoms with Crippen LogP contribution in [0.1, 0.15) is 60.2 Å². The molecule has 0 aliphatic carbocycles. The SMILES string of the molecule is CCCCc1c(-c2ocnc2C(=O)OCC)c[nH]c1C(=O)OCC. The maximum Gasteiger partial charge on any atom is 0.360 e. The average Bonchev–Trinajstić information content (AvgIpc) is 3.19. The molecule has 0 spiro atoms. The second-order valence-electron chi connectivity index (χ2n) is 5.13. The zero-order valence-electron chi connectivity index (χ0n) is 14.2. The summed E-state index contributed by atoms with van der Waals surface area (Å²) in [7, 11) is 0. The molecule has 0 saturated carbocycles. The normalized spacial score (nSPS) is 10.6. The van der Waals surface area contributed by atoms with Gasteiger partial charge < -0.3 is 18.9 Å². The lowest BCUT2D eigenvalue weighted by Crippen LogP contribution is -2.09. The average molecular weight is 334 g/mol. The summed E-state index contributed by atoms with van der Waals surface area (Å²) in [4.78, 5) is 31.1. The Morgan fingerprint density at radius 1 is 1.17 bits per heavy atom. The van der Waals surface area contributed by atoms with Crippen molar-refractivity contribution < 1.29 is 23.5 Å². The lowest BCUT2D eigenvalue weighted by Gasteiger charge is -2.06. The third-order valence-corrected chi connectivity index (χ3v) is 3.53. The fraction of sp³-hybridized carbons (Fsp3) is 0.471. The van der Waals surface area contributed by atoms with Gasteiger partial charge in [-0.2, -0.15) is 0 Å². The molecule has 0 aliphatic rings. The van der Waals surface area contributed by atoms with E-state index in [2.05, 4.69) is 16.9 Å². The number of aromatic amines is 1. The molecular weight excluding hydrogens is 312 g/mol. The molecule has 0 aromatic carbocycles. The van der Waals surface area contributed by atoms with Gasteiger partial charge in [0.2, 0.25) is 0 Å². The number of unbranched alkanes of at least 4 members (excludes halogenated alkanes) is 1. The van der Waals surface area contributed by atoms with Gasteiger partial charge in [-0.25, -0.2) is 14.6 Å². The summed E-state index contributed by atoms with van der Waals surface area (Å²) in [5.74, 6) is -0.681. The van der Waals surface area contributed by atoms with Gasteiger partial charge >= 0.3 is 11.9 Å². The van der Waals surface area contributed by atoms with Crippen LogP contribution in [0.2, 0.25) is 0 Å². The summed E-state index contributed by atoms with van der Waals surface area (Å²) in [5, 5.41) is 0. The Hall–Kier alpha value is -2.57. The van der Waals surface area contributed by atoms with Crippen LogP contribution in [0.25, 0.3) is 11.3 Å². The summed E-state index contributed by atoms with van der Waals surface area (Å²) in [5.41, 5.74) is 1.88. The third-order valence-electron chi connectivity index (χ3n) is 3.53. The summed E-state index contributed by atoms with van der Waals surface area (Å²) >= 11 is 0. The van der Waals surface area contributed by atoms with Gasteiger partial charge in [0.1, 0.15) is 5.69 Å². The quantitative estimate of drug-likeness (QED) is 0.744. The van der Waals surface area contributed by atoms with Crippen LogP contribution in [-0.2, 0) is 15.9 Å². The van der Waals surface area contributed by atoms with Crippen molar-refractivity contribution in [2.45, 2.75) is 40.0 Å². The monoisotopic (exact) mass is 334 g/mol. The first-order valence-electron chi connectivity index (χ1n) is 8.12. The summed E-state index contributed by atoms with van der Waals surface area (Å²) in [6.07, 6.45) is 5.35. The van der Waals surface area contributed by atoms with E-state index >= 15 is 0 Å². The second kappa shape index (κ2) is 8.33. The molecule has 0 bridgehead atoms. The number of hydrogen-bond acceptors (Lipinski definition) is 6. The van der Waals surface area contributed by atoms with Crippen LogP contribution in [-0.4, -0.2) is 35.1 Å². The van der Waals surface area contributed by atoms with Gasteiger partial charge in [0.15, 0.2) is 17.8 Å². The van der Waals surface area contributed by atoms with E-state index in [0.717, 1.165) is 18.4 Å². The van der Waals surface area contributed by atoms with E-state index < -0.39 is 11.9 Å². The molecule has 0 fully saturated rings. The van der Waals surface area contributed by atoms with Crippen LogP contribution in [0.3, 0.4) is 0 Å². The fourth-order valence-corrected chi connectivity index (χ4v) is 2.44. The van der Waals surface area contributed by atoms with Crippen LogP contribution in [0.15, 0.2) is 17.0 Å². The van der Waals surface area contributed by atoms with Gasteiger partial charge in [0, 0.05) is 11.8 Å². The molecule has 0 saturated heterocycles. The summed E-state index contributed by atoms with van der Waals surface area (Å²) in [6.45, 7) is 6.07. The first-order chi connectivity index (χ1) is 11.6. The maximum absolute atomic E-state index is 12.1. The van der Waals surface area contributed by atoms with E-state index in [0.29, 0.717) is 23.4 Å². The minimum atomic E-state index is -0.554. The Morgan fingerprint density at radius 3 is 2.54 bits per heavy atom. The van der Waals surface area contributed by atoms with Crippen LogP contribution in [0.5, 0.6) is 0 Å². The predicted octanol–water partition coefficient (Wildman–Crippen LogP) is 3.37. The molecule has 1 N–H and O–H groups in total. The number of H-pyrrole nitrogens is 1. The van der Waals surface area contributed by atoms with Crippen LogP contribution < -0.4 is 0 Å². The maximum atomic E-state index is 12.1. The minimum absolute atomic E-state index is 0.101. The Kier molecular flexibility index (Phi) is 6.17. The molecule has 130 valence electrons. The fourth-order valence-electron chi connectivity index (χ4n) is 2.44. The van der Waals surface area contributed by atoms with Gasteiger partial charge in [-0.15, -0.1) is 0 Å². The molecule has 0 amide bonds. The van der Waals surface area contributed by atoms with Crippen molar-refractivity contribution in [3.8, 4) is 11.3 Å². The number of nitrogens with one attached hydrogen (secondary N) is 1. The highest BCUT2D eigenvalue weighted by Gasteiger charge is 2.26. The lowest BCUT2D eigenvalue weighted by molar-refractivity contribution is 0.0511. The number of hydrogen-bond donors (Lipinski definition) is 1. The van der Waals surface area contributed by atoms with Crippen molar-refractivity contribution in [3.63, 3.8) is 0 Å². The number of rotatable bonds is 8. The number of carbonyl (C=O) groups excluding carboxylic acids is 2. The molecule has 2 aromatic rings. The van der Waals surface area contributed by atoms with Crippen LogP contribution in [0, 0.1) is 0 Å². The van der Waals surface area contributed by atoms with Gasteiger partial charge in [-0.3, -0.25) is 0 Å². The topological polar surface area (TPSA) is 94.4 Å². The van der Waals surface area contributed by atoms with Crippen LogP contribution in [0.4, 0.5) is 0 Å². The lowest BCUT2D eigenvalue weighted by atomic mass is 10.0. The van der Waals surface area contributed by atoms with E-state index in [4.69, 9.17) is 13.9 Å². The van der Waals surface area contributed by atoms with Crippen molar-refractivity contribution >= 4 is 11.9 Å². The highest BCUT2D eigenvalue weighted by atomic mass is 16.5. The number of esters is 2. The van der Waals surface area contributed by atoms with E-state index in [1.54, 1.807) is 20.0 Å². The van der Waals surface area contributed by atoms with Crippen molar-refractivity contribution in [3.05, 3.63) is 29.5 Å². The molecule has 7 heteroatoms. The molecular formula is C17H22N2O5. The molecule has 0 radical (unpaired) electrons.